The molecule has 1 amide bonds. The summed E-state index contributed by atoms with van der Waals surface area (Å²) in [7, 11) is 3.04. The van der Waals surface area contributed by atoms with Crippen LogP contribution >= 0.6 is 0 Å². The van der Waals surface area contributed by atoms with E-state index in [9.17, 15) is 14.7 Å². The van der Waals surface area contributed by atoms with Gasteiger partial charge in [-0.25, -0.2) is 0 Å². The number of aliphatic hydroxyl groups is 1. The molecule has 7 nitrogen and oxygen atoms in total. The molecule has 7 heteroatoms. The lowest BCUT2D eigenvalue weighted by Crippen LogP contribution is -2.29. The molecule has 2 aromatic carbocycles. The van der Waals surface area contributed by atoms with Crippen molar-refractivity contribution in [2.45, 2.75) is 26.4 Å². The van der Waals surface area contributed by atoms with Crippen LogP contribution in [-0.2, 0) is 16.1 Å². The van der Waals surface area contributed by atoms with E-state index in [-0.39, 0.29) is 17.9 Å². The molecule has 3 aromatic rings. The SMILES string of the molecule is COc1ccc(C2/C(=C(\O)c3cc(C)ccc3C)C(=O)C(=O)N2Cc2ccco2)cc1OC. The van der Waals surface area contributed by atoms with E-state index in [1.54, 1.807) is 36.4 Å². The number of amides is 1. The molecule has 1 aliphatic heterocycles. The fourth-order valence-electron chi connectivity index (χ4n) is 4.12. The van der Waals surface area contributed by atoms with E-state index in [0.717, 1.165) is 11.1 Å². The number of aryl methyl sites for hydroxylation is 2. The number of nitrogens with zero attached hydrogens (tertiary/aromatic N) is 1. The Morgan fingerprint density at radius 2 is 1.79 bits per heavy atom. The molecule has 2 heterocycles. The number of ketones is 1. The van der Waals surface area contributed by atoms with Crippen LogP contribution in [0.4, 0.5) is 0 Å². The third kappa shape index (κ3) is 3.98. The minimum absolute atomic E-state index is 0.0208. The van der Waals surface area contributed by atoms with Crippen molar-refractivity contribution in [1.82, 2.24) is 4.90 Å². The molecule has 0 bridgehead atoms. The van der Waals surface area contributed by atoms with Crippen molar-refractivity contribution in [3.63, 3.8) is 0 Å². The number of ether oxygens (including phenoxy) is 2. The van der Waals surface area contributed by atoms with Gasteiger partial charge in [-0.1, -0.05) is 23.8 Å². The van der Waals surface area contributed by atoms with Crippen LogP contribution in [0.1, 0.15) is 34.1 Å². The third-order valence-corrected chi connectivity index (χ3v) is 5.82. The van der Waals surface area contributed by atoms with Gasteiger partial charge in [-0.3, -0.25) is 9.59 Å². The topological polar surface area (TPSA) is 89.2 Å². The number of carbonyl (C=O) groups excluding carboxylic acids is 2. The molecule has 1 atom stereocenters. The Hall–Kier alpha value is -4.00. The highest BCUT2D eigenvalue weighted by Crippen LogP contribution is 2.43. The molecule has 0 radical (unpaired) electrons. The highest BCUT2D eigenvalue weighted by molar-refractivity contribution is 6.46. The number of methoxy groups -OCH3 is 2. The van der Waals surface area contributed by atoms with Gasteiger partial charge in [0, 0.05) is 5.56 Å². The highest BCUT2D eigenvalue weighted by atomic mass is 16.5. The van der Waals surface area contributed by atoms with Crippen molar-refractivity contribution < 1.29 is 28.6 Å². The first kappa shape index (κ1) is 22.2. The number of rotatable bonds is 6. The van der Waals surface area contributed by atoms with Crippen LogP contribution in [0.25, 0.3) is 5.76 Å². The fraction of sp³-hybridized carbons (Fsp3) is 0.231. The molecule has 1 unspecified atom stereocenters. The summed E-state index contributed by atoms with van der Waals surface area (Å²) in [5, 5.41) is 11.3. The Morgan fingerprint density at radius 1 is 1.03 bits per heavy atom. The van der Waals surface area contributed by atoms with Gasteiger partial charge in [0.05, 0.1) is 38.6 Å². The van der Waals surface area contributed by atoms with Crippen molar-refractivity contribution in [3.05, 3.63) is 88.4 Å². The van der Waals surface area contributed by atoms with Gasteiger partial charge in [0.25, 0.3) is 11.7 Å². The smallest absolute Gasteiger partial charge is 0.296 e. The third-order valence-electron chi connectivity index (χ3n) is 5.82. The second-order valence-electron chi connectivity index (χ2n) is 7.94. The van der Waals surface area contributed by atoms with Crippen molar-refractivity contribution in [3.8, 4) is 11.5 Å². The molecule has 1 saturated heterocycles. The van der Waals surface area contributed by atoms with Gasteiger partial charge in [0.15, 0.2) is 11.5 Å². The summed E-state index contributed by atoms with van der Waals surface area (Å²) >= 11 is 0. The molecule has 0 spiro atoms. The Bertz CT molecular complexity index is 1240. The number of aliphatic hydroxyl groups excluding tert-OH is 1. The number of carbonyl (C=O) groups is 2. The van der Waals surface area contributed by atoms with E-state index < -0.39 is 17.7 Å². The van der Waals surface area contributed by atoms with Crippen molar-refractivity contribution in [1.29, 1.82) is 0 Å². The zero-order valence-corrected chi connectivity index (χ0v) is 18.9. The predicted molar refractivity (Wildman–Crippen MR) is 122 cm³/mol. The molecule has 170 valence electrons. The predicted octanol–water partition coefficient (Wildman–Crippen LogP) is 4.54. The van der Waals surface area contributed by atoms with E-state index >= 15 is 0 Å². The average Bonchev–Trinajstić information content (AvgIpc) is 3.42. The van der Waals surface area contributed by atoms with E-state index in [1.165, 1.54) is 25.4 Å². The van der Waals surface area contributed by atoms with E-state index in [1.807, 2.05) is 26.0 Å². The summed E-state index contributed by atoms with van der Waals surface area (Å²) in [6.45, 7) is 3.82. The lowest BCUT2D eigenvalue weighted by atomic mass is 9.93. The molecule has 4 rings (SSSR count). The summed E-state index contributed by atoms with van der Waals surface area (Å²) in [6.07, 6.45) is 1.51. The molecule has 1 aromatic heterocycles. The molecular formula is C26H25NO6. The minimum atomic E-state index is -0.838. The largest absolute Gasteiger partial charge is 0.507 e. The number of hydrogen-bond donors (Lipinski definition) is 1. The molecule has 33 heavy (non-hydrogen) atoms. The van der Waals surface area contributed by atoms with Crippen LogP contribution in [-0.4, -0.2) is 35.9 Å². The van der Waals surface area contributed by atoms with Crippen LogP contribution in [0.3, 0.4) is 0 Å². The first-order valence-corrected chi connectivity index (χ1v) is 10.5. The van der Waals surface area contributed by atoms with Gasteiger partial charge < -0.3 is 23.9 Å². The number of Topliss-reactive ketones (excluding diaryl/α,β-unsaturated/α-hetero) is 1. The van der Waals surface area contributed by atoms with Crippen LogP contribution in [0.15, 0.2) is 64.8 Å². The monoisotopic (exact) mass is 447 g/mol. The maximum atomic E-state index is 13.2. The lowest BCUT2D eigenvalue weighted by Gasteiger charge is -2.25. The van der Waals surface area contributed by atoms with Crippen molar-refractivity contribution >= 4 is 17.4 Å². The van der Waals surface area contributed by atoms with E-state index in [4.69, 9.17) is 13.9 Å². The quantitative estimate of drug-likeness (QED) is 0.339. The Morgan fingerprint density at radius 3 is 2.45 bits per heavy atom. The van der Waals surface area contributed by atoms with Crippen LogP contribution in [0.5, 0.6) is 11.5 Å². The lowest BCUT2D eigenvalue weighted by molar-refractivity contribution is -0.140. The second kappa shape index (κ2) is 8.86. The van der Waals surface area contributed by atoms with Crippen molar-refractivity contribution in [2.75, 3.05) is 14.2 Å². The van der Waals surface area contributed by atoms with Gasteiger partial charge in [-0.2, -0.15) is 0 Å². The van der Waals surface area contributed by atoms with E-state index in [0.29, 0.717) is 28.4 Å². The summed E-state index contributed by atoms with van der Waals surface area (Å²) < 4.78 is 16.2. The number of benzene rings is 2. The first-order chi connectivity index (χ1) is 15.8. The van der Waals surface area contributed by atoms with Gasteiger partial charge in [0.1, 0.15) is 11.5 Å². The zero-order chi connectivity index (χ0) is 23.7. The molecule has 0 aliphatic carbocycles. The number of likely N-dealkylation sites (tertiary alicyclic amines) is 1. The van der Waals surface area contributed by atoms with Crippen LogP contribution in [0, 0.1) is 13.8 Å². The second-order valence-corrected chi connectivity index (χ2v) is 7.94. The summed E-state index contributed by atoms with van der Waals surface area (Å²) in [6, 6.07) is 13.4. The standard InChI is InChI=1S/C26H25NO6/c1-15-7-8-16(2)19(12-15)24(28)22-23(17-9-10-20(31-3)21(13-17)32-4)27(26(30)25(22)29)14-18-6-5-11-33-18/h5-13,23,28H,14H2,1-4H3/b24-22+. The number of furan rings is 1. The normalized spacial score (nSPS) is 17.5. The minimum Gasteiger partial charge on any atom is -0.507 e. The zero-order valence-electron chi connectivity index (χ0n) is 18.9. The highest BCUT2D eigenvalue weighted by Gasteiger charge is 2.46. The summed E-state index contributed by atoms with van der Waals surface area (Å²) in [4.78, 5) is 27.7. The molecular weight excluding hydrogens is 422 g/mol. The van der Waals surface area contributed by atoms with Gasteiger partial charge in [-0.05, 0) is 55.3 Å². The molecule has 1 fully saturated rings. The van der Waals surface area contributed by atoms with Gasteiger partial charge in [-0.15, -0.1) is 0 Å². The summed E-state index contributed by atoms with van der Waals surface area (Å²) in [5.74, 6) is -0.188. The molecule has 0 saturated carbocycles. The first-order valence-electron chi connectivity index (χ1n) is 10.5. The Labute approximate surface area is 191 Å². The van der Waals surface area contributed by atoms with Crippen LogP contribution in [0.2, 0.25) is 0 Å². The van der Waals surface area contributed by atoms with Crippen molar-refractivity contribution in [2.24, 2.45) is 0 Å². The van der Waals surface area contributed by atoms with Gasteiger partial charge >= 0.3 is 0 Å². The Kier molecular flexibility index (Phi) is 5.96. The molecule has 1 N–H and O–H groups in total. The van der Waals surface area contributed by atoms with E-state index in [2.05, 4.69) is 0 Å². The maximum Gasteiger partial charge on any atom is 0.296 e. The summed E-state index contributed by atoms with van der Waals surface area (Å²) in [5.41, 5.74) is 2.85. The maximum absolute atomic E-state index is 13.2. The Balaban J connectivity index is 1.93. The fourth-order valence-corrected chi connectivity index (χ4v) is 4.12. The average molecular weight is 447 g/mol. The van der Waals surface area contributed by atoms with Crippen LogP contribution < -0.4 is 9.47 Å². The van der Waals surface area contributed by atoms with Gasteiger partial charge in [0.2, 0.25) is 0 Å². The number of hydrogen-bond acceptors (Lipinski definition) is 6. The molecule has 1 aliphatic rings.